The molecule has 0 spiro atoms. The van der Waals surface area contributed by atoms with Crippen LogP contribution in [0.2, 0.25) is 0 Å². The number of hydrogen-bond acceptors (Lipinski definition) is 5. The Labute approximate surface area is 196 Å². The molecular formula is C26H26N4O2S. The molecule has 4 aromatic heterocycles. The quantitative estimate of drug-likeness (QED) is 0.317. The lowest BCUT2D eigenvalue weighted by Crippen LogP contribution is -2.30. The van der Waals surface area contributed by atoms with Crippen molar-refractivity contribution in [1.82, 2.24) is 19.5 Å². The summed E-state index contributed by atoms with van der Waals surface area (Å²) in [6, 6.07) is 16.0. The van der Waals surface area contributed by atoms with E-state index in [1.165, 1.54) is 9.75 Å². The average molecular weight is 459 g/mol. The Morgan fingerprint density at radius 3 is 2.67 bits per heavy atom. The van der Waals surface area contributed by atoms with Crippen LogP contribution in [0.5, 0.6) is 0 Å². The summed E-state index contributed by atoms with van der Waals surface area (Å²) in [5.74, 6) is 0.886. The molecule has 1 amide bonds. The number of nitrogens with zero attached hydrogens (tertiary/aromatic N) is 4. The molecule has 6 nitrogen and oxygen atoms in total. The first-order valence-electron chi connectivity index (χ1n) is 11.1. The summed E-state index contributed by atoms with van der Waals surface area (Å²) in [7, 11) is 0. The smallest absolute Gasteiger partial charge is 0.223 e. The van der Waals surface area contributed by atoms with E-state index in [9.17, 15) is 4.79 Å². The van der Waals surface area contributed by atoms with Crippen LogP contribution in [0.1, 0.15) is 38.9 Å². The molecule has 4 heterocycles. The second-order valence-corrected chi connectivity index (χ2v) is 9.73. The van der Waals surface area contributed by atoms with Gasteiger partial charge in [0.1, 0.15) is 5.76 Å². The van der Waals surface area contributed by atoms with E-state index in [0.29, 0.717) is 25.9 Å². The third-order valence-electron chi connectivity index (χ3n) is 6.03. The zero-order valence-corrected chi connectivity index (χ0v) is 19.9. The molecule has 0 aliphatic heterocycles. The minimum absolute atomic E-state index is 0.0991. The Bertz CT molecular complexity index is 1430. The van der Waals surface area contributed by atoms with Gasteiger partial charge in [-0.25, -0.2) is 9.50 Å². The lowest BCUT2D eigenvalue weighted by molar-refractivity contribution is -0.132. The van der Waals surface area contributed by atoms with Gasteiger partial charge >= 0.3 is 0 Å². The van der Waals surface area contributed by atoms with E-state index in [-0.39, 0.29) is 5.91 Å². The molecule has 0 saturated carbocycles. The maximum Gasteiger partial charge on any atom is 0.223 e. The lowest BCUT2D eigenvalue weighted by Gasteiger charge is -2.21. The van der Waals surface area contributed by atoms with Gasteiger partial charge in [-0.15, -0.1) is 11.3 Å². The SMILES string of the molecule is Cc1ccc(CN(Cc2ccco2)C(=O)CCc2c(C)nc3c4ccccc4nn3c2C)s1. The molecule has 0 aliphatic rings. The van der Waals surface area contributed by atoms with Gasteiger partial charge in [0.05, 0.1) is 24.9 Å². The Morgan fingerprint density at radius 1 is 1.06 bits per heavy atom. The van der Waals surface area contributed by atoms with E-state index in [1.54, 1.807) is 17.6 Å². The van der Waals surface area contributed by atoms with E-state index in [1.807, 2.05) is 52.7 Å². The third-order valence-corrected chi connectivity index (χ3v) is 7.01. The van der Waals surface area contributed by atoms with Gasteiger partial charge in [-0.1, -0.05) is 12.1 Å². The van der Waals surface area contributed by atoms with Gasteiger partial charge in [0.15, 0.2) is 5.65 Å². The maximum atomic E-state index is 13.3. The number of fused-ring (bicyclic) bond motifs is 3. The fourth-order valence-electron chi connectivity index (χ4n) is 4.31. The molecule has 5 rings (SSSR count). The van der Waals surface area contributed by atoms with Gasteiger partial charge in [0.25, 0.3) is 0 Å². The van der Waals surface area contributed by atoms with Gasteiger partial charge in [-0.2, -0.15) is 5.10 Å². The number of aromatic nitrogens is 3. The zero-order chi connectivity index (χ0) is 22.9. The zero-order valence-electron chi connectivity index (χ0n) is 19.0. The fourth-order valence-corrected chi connectivity index (χ4v) is 5.22. The summed E-state index contributed by atoms with van der Waals surface area (Å²) < 4.78 is 7.43. The molecule has 168 valence electrons. The molecule has 0 saturated heterocycles. The van der Waals surface area contributed by atoms with Crippen LogP contribution in [-0.2, 0) is 24.3 Å². The molecule has 0 radical (unpaired) electrons. The summed E-state index contributed by atoms with van der Waals surface area (Å²) in [6.45, 7) is 7.20. The highest BCUT2D eigenvalue weighted by Crippen LogP contribution is 2.24. The number of amides is 1. The van der Waals surface area contributed by atoms with Crippen molar-refractivity contribution in [2.75, 3.05) is 0 Å². The number of carbonyl (C=O) groups excluding carboxylic acids is 1. The monoisotopic (exact) mass is 458 g/mol. The van der Waals surface area contributed by atoms with E-state index < -0.39 is 0 Å². The Kier molecular flexibility index (Phi) is 5.72. The lowest BCUT2D eigenvalue weighted by atomic mass is 10.1. The minimum atomic E-state index is 0.0991. The van der Waals surface area contributed by atoms with Crippen molar-refractivity contribution in [3.63, 3.8) is 0 Å². The normalized spacial score (nSPS) is 11.5. The van der Waals surface area contributed by atoms with Gasteiger partial charge in [0, 0.05) is 32.9 Å². The summed E-state index contributed by atoms with van der Waals surface area (Å²) in [6.07, 6.45) is 2.67. The van der Waals surface area contributed by atoms with Crippen molar-refractivity contribution in [3.8, 4) is 0 Å². The number of hydrogen-bond donors (Lipinski definition) is 0. The van der Waals surface area contributed by atoms with Gasteiger partial charge in [-0.3, -0.25) is 4.79 Å². The van der Waals surface area contributed by atoms with E-state index >= 15 is 0 Å². The molecule has 0 fully saturated rings. The van der Waals surface area contributed by atoms with Crippen molar-refractivity contribution in [2.45, 2.75) is 46.7 Å². The van der Waals surface area contributed by atoms with Crippen molar-refractivity contribution in [2.24, 2.45) is 0 Å². The summed E-state index contributed by atoms with van der Waals surface area (Å²) in [5.41, 5.74) is 4.85. The number of carbonyl (C=O) groups is 1. The van der Waals surface area contributed by atoms with E-state index in [0.717, 1.165) is 39.3 Å². The van der Waals surface area contributed by atoms with Crippen LogP contribution in [0.3, 0.4) is 0 Å². The first kappa shape index (κ1) is 21.4. The first-order valence-corrected chi connectivity index (χ1v) is 11.9. The summed E-state index contributed by atoms with van der Waals surface area (Å²) in [4.78, 5) is 22.5. The van der Waals surface area contributed by atoms with Crippen LogP contribution in [0.25, 0.3) is 16.6 Å². The van der Waals surface area contributed by atoms with Crippen LogP contribution >= 0.6 is 11.3 Å². The summed E-state index contributed by atoms with van der Waals surface area (Å²) in [5, 5.41) is 5.78. The molecule has 1 aromatic carbocycles. The maximum absolute atomic E-state index is 13.3. The van der Waals surface area contributed by atoms with Crippen LogP contribution < -0.4 is 0 Å². The molecule has 7 heteroatoms. The van der Waals surface area contributed by atoms with Gasteiger partial charge in [0.2, 0.25) is 5.91 Å². The van der Waals surface area contributed by atoms with Gasteiger partial charge in [-0.05, 0) is 69.2 Å². The largest absolute Gasteiger partial charge is 0.467 e. The molecule has 5 aromatic rings. The molecule has 0 atom stereocenters. The molecule has 0 unspecified atom stereocenters. The Morgan fingerprint density at radius 2 is 1.91 bits per heavy atom. The molecule has 33 heavy (non-hydrogen) atoms. The van der Waals surface area contributed by atoms with Crippen molar-refractivity contribution >= 4 is 33.8 Å². The number of furan rings is 1. The molecule has 0 bridgehead atoms. The topological polar surface area (TPSA) is 63.6 Å². The van der Waals surface area contributed by atoms with Crippen molar-refractivity contribution in [1.29, 1.82) is 0 Å². The number of benzene rings is 1. The number of aryl methyl sites for hydroxylation is 3. The van der Waals surface area contributed by atoms with E-state index in [4.69, 9.17) is 14.5 Å². The predicted molar refractivity (Wildman–Crippen MR) is 130 cm³/mol. The van der Waals surface area contributed by atoms with Crippen LogP contribution in [0, 0.1) is 20.8 Å². The average Bonchev–Trinajstić information content (AvgIpc) is 3.54. The fraction of sp³-hybridized carbons (Fsp3) is 0.269. The molecule has 0 aliphatic carbocycles. The Hall–Kier alpha value is -3.45. The number of thiophene rings is 1. The second-order valence-electron chi connectivity index (χ2n) is 8.36. The predicted octanol–water partition coefficient (Wildman–Crippen LogP) is 5.62. The second kappa shape index (κ2) is 8.83. The minimum Gasteiger partial charge on any atom is -0.467 e. The highest BCUT2D eigenvalue weighted by atomic mass is 32.1. The summed E-state index contributed by atoms with van der Waals surface area (Å²) >= 11 is 1.72. The highest BCUT2D eigenvalue weighted by molar-refractivity contribution is 7.11. The van der Waals surface area contributed by atoms with Crippen LogP contribution in [-0.4, -0.2) is 25.4 Å². The molecular weight excluding hydrogens is 432 g/mol. The molecule has 0 N–H and O–H groups in total. The number of rotatable bonds is 7. The standard InChI is InChI=1S/C26H26N4O2S/c1-17-10-11-21(33-17)16-29(15-20-7-6-14-32-20)25(31)13-12-22-18(2)27-26-23-8-4-5-9-24(23)28-30(26)19(22)3/h4-11,14H,12-13,15-16H2,1-3H3. The van der Waals surface area contributed by atoms with Crippen LogP contribution in [0.4, 0.5) is 0 Å². The first-order chi connectivity index (χ1) is 16.0. The van der Waals surface area contributed by atoms with Gasteiger partial charge < -0.3 is 9.32 Å². The van der Waals surface area contributed by atoms with E-state index in [2.05, 4.69) is 26.0 Å². The third kappa shape index (κ3) is 4.28. The highest BCUT2D eigenvalue weighted by Gasteiger charge is 2.19. The Balaban J connectivity index is 1.39. The van der Waals surface area contributed by atoms with Crippen molar-refractivity contribution in [3.05, 3.63) is 87.3 Å². The van der Waals surface area contributed by atoms with Crippen molar-refractivity contribution < 1.29 is 9.21 Å². The van der Waals surface area contributed by atoms with Crippen LogP contribution in [0.15, 0.2) is 59.2 Å².